The second-order valence-electron chi connectivity index (χ2n) is 5.72. The van der Waals surface area contributed by atoms with Crippen molar-refractivity contribution >= 4 is 15.7 Å². The van der Waals surface area contributed by atoms with Gasteiger partial charge in [0.1, 0.15) is 9.84 Å². The molecule has 158 valence electrons. The zero-order chi connectivity index (χ0) is 21.1. The molecule has 0 aromatic rings. The van der Waals surface area contributed by atoms with Gasteiger partial charge in [0, 0.05) is 25.5 Å². The van der Waals surface area contributed by atoms with Crippen LogP contribution in [-0.2, 0) is 14.6 Å². The summed E-state index contributed by atoms with van der Waals surface area (Å²) >= 11 is 0. The monoisotopic (exact) mass is 383 g/mol. The molecule has 0 spiro atoms. The molecule has 0 rings (SSSR count). The quantitative estimate of drug-likeness (QED) is 0.611. The van der Waals surface area contributed by atoms with Crippen LogP contribution in [0.4, 0.5) is 0 Å². The lowest BCUT2D eigenvalue weighted by Crippen LogP contribution is -2.15. The fourth-order valence-electron chi connectivity index (χ4n) is 0.901. The zero-order valence-corrected chi connectivity index (χ0v) is 19.8. The van der Waals surface area contributed by atoms with Crippen LogP contribution in [0.25, 0.3) is 0 Å². The molecule has 0 aliphatic rings. The van der Waals surface area contributed by atoms with E-state index >= 15 is 0 Å². The number of amides is 1. The molecule has 1 N–H and O–H groups in total. The summed E-state index contributed by atoms with van der Waals surface area (Å²) in [4.78, 5) is 10.1. The number of unbranched alkanes of at least 4 members (excludes halogenated alkanes) is 3. The Labute approximate surface area is 160 Å². The molecule has 0 aliphatic heterocycles. The fraction of sp³-hybridized carbons (Fsp3) is 0.950. The van der Waals surface area contributed by atoms with E-state index in [1.54, 1.807) is 7.05 Å². The van der Waals surface area contributed by atoms with Gasteiger partial charge in [-0.25, -0.2) is 8.42 Å². The third-order valence-electron chi connectivity index (χ3n) is 2.38. The van der Waals surface area contributed by atoms with E-state index in [0.717, 1.165) is 6.42 Å². The van der Waals surface area contributed by atoms with Crippen LogP contribution in [0.15, 0.2) is 0 Å². The minimum absolute atomic E-state index is 0.0926. The molecule has 1 amide bonds. The minimum atomic E-state index is -2.67. The summed E-state index contributed by atoms with van der Waals surface area (Å²) in [7, 11) is -1.04. The minimum Gasteiger partial charge on any atom is -0.359 e. The van der Waals surface area contributed by atoms with E-state index in [9.17, 15) is 13.2 Å². The van der Waals surface area contributed by atoms with Crippen LogP contribution in [0.3, 0.4) is 0 Å². The average molecular weight is 384 g/mol. The van der Waals surface area contributed by atoms with Gasteiger partial charge < -0.3 is 5.32 Å². The first-order valence-corrected chi connectivity index (χ1v) is 12.1. The van der Waals surface area contributed by atoms with E-state index in [-0.39, 0.29) is 5.91 Å². The molecule has 0 saturated heterocycles. The predicted molar refractivity (Wildman–Crippen MR) is 116 cm³/mol. The van der Waals surface area contributed by atoms with E-state index < -0.39 is 9.84 Å². The largest absolute Gasteiger partial charge is 0.359 e. The molecule has 0 atom stereocenters. The summed E-state index contributed by atoms with van der Waals surface area (Å²) in [5, 5.41) is 2.48. The van der Waals surface area contributed by atoms with Gasteiger partial charge in [-0.2, -0.15) is 0 Å². The maximum atomic E-state index is 10.2. The van der Waals surface area contributed by atoms with Gasteiger partial charge in [-0.3, -0.25) is 4.79 Å². The van der Waals surface area contributed by atoms with E-state index in [4.69, 9.17) is 0 Å². The van der Waals surface area contributed by atoms with Gasteiger partial charge in [0.2, 0.25) is 5.91 Å². The first-order chi connectivity index (χ1) is 11.6. The van der Waals surface area contributed by atoms with Crippen molar-refractivity contribution in [1.82, 2.24) is 5.32 Å². The maximum Gasteiger partial charge on any atom is 0.219 e. The molecule has 0 heterocycles. The highest BCUT2D eigenvalue weighted by molar-refractivity contribution is 7.90. The van der Waals surface area contributed by atoms with Gasteiger partial charge in [0.05, 0.1) is 0 Å². The van der Waals surface area contributed by atoms with Crippen molar-refractivity contribution < 1.29 is 13.2 Å². The molecular formula is C20H49NO3S. The summed E-state index contributed by atoms with van der Waals surface area (Å²) in [5.74, 6) is 0.405. The van der Waals surface area contributed by atoms with E-state index in [2.05, 4.69) is 46.9 Å². The van der Waals surface area contributed by atoms with Crippen molar-refractivity contribution in [3.63, 3.8) is 0 Å². The van der Waals surface area contributed by atoms with E-state index in [0.29, 0.717) is 12.2 Å². The Kier molecular flexibility index (Phi) is 49.3. The number of hydrogen-bond acceptors (Lipinski definition) is 3. The predicted octanol–water partition coefficient (Wildman–Crippen LogP) is 6.00. The summed E-state index contributed by atoms with van der Waals surface area (Å²) in [5.41, 5.74) is 0. The Bertz CT molecular complexity index is 292. The van der Waals surface area contributed by atoms with Gasteiger partial charge in [0.25, 0.3) is 0 Å². The number of hydrogen-bond donors (Lipinski definition) is 1. The smallest absolute Gasteiger partial charge is 0.219 e. The molecule has 0 unspecified atom stereocenters. The molecular weight excluding hydrogens is 334 g/mol. The Morgan fingerprint density at radius 3 is 1.12 bits per heavy atom. The molecule has 0 bridgehead atoms. The van der Waals surface area contributed by atoms with Crippen molar-refractivity contribution in [3.8, 4) is 0 Å². The van der Waals surface area contributed by atoms with Gasteiger partial charge in [-0.1, -0.05) is 93.9 Å². The lowest BCUT2D eigenvalue weighted by atomic mass is 10.3. The second-order valence-corrected chi connectivity index (χ2v) is 7.98. The molecule has 0 aliphatic carbocycles. The molecule has 0 aromatic heterocycles. The van der Waals surface area contributed by atoms with Gasteiger partial charge >= 0.3 is 0 Å². The summed E-state index contributed by atoms with van der Waals surface area (Å²) in [6.45, 7) is 16.7. The van der Waals surface area contributed by atoms with Crippen molar-refractivity contribution in [2.75, 3.05) is 19.1 Å². The molecule has 0 radical (unpaired) electrons. The Hall–Kier alpha value is -0.580. The molecule has 0 saturated carbocycles. The van der Waals surface area contributed by atoms with Crippen LogP contribution < -0.4 is 5.32 Å². The SMILES string of the molecule is CCC.CCC(=O)NC.CCCC.CCCCC.CCCS(C)(=O)=O. The Balaban J connectivity index is -0.0000000687. The van der Waals surface area contributed by atoms with Crippen molar-refractivity contribution in [2.24, 2.45) is 0 Å². The average Bonchev–Trinajstić information content (AvgIpc) is 2.56. The van der Waals surface area contributed by atoms with Crippen LogP contribution in [-0.4, -0.2) is 33.4 Å². The zero-order valence-electron chi connectivity index (χ0n) is 19.0. The number of carbonyl (C=O) groups is 1. The molecule has 0 aromatic carbocycles. The van der Waals surface area contributed by atoms with Gasteiger partial charge in [0.15, 0.2) is 0 Å². The first-order valence-electron chi connectivity index (χ1n) is 9.99. The van der Waals surface area contributed by atoms with Crippen LogP contribution in [0.5, 0.6) is 0 Å². The van der Waals surface area contributed by atoms with Crippen molar-refractivity contribution in [2.45, 2.75) is 107 Å². The summed E-state index contributed by atoms with van der Waals surface area (Å²) in [6, 6.07) is 0. The Morgan fingerprint density at radius 2 is 1.12 bits per heavy atom. The van der Waals surface area contributed by atoms with Gasteiger partial charge in [-0.05, 0) is 6.42 Å². The Morgan fingerprint density at radius 1 is 0.760 bits per heavy atom. The van der Waals surface area contributed by atoms with E-state index in [1.165, 1.54) is 44.8 Å². The third kappa shape index (κ3) is 99.0. The molecule has 4 nitrogen and oxygen atoms in total. The lowest BCUT2D eigenvalue weighted by molar-refractivity contribution is -0.120. The van der Waals surface area contributed by atoms with Crippen LogP contribution in [0.1, 0.15) is 107 Å². The summed E-state index contributed by atoms with van der Waals surface area (Å²) < 4.78 is 20.5. The molecule has 5 heteroatoms. The molecule has 0 fully saturated rings. The summed E-state index contributed by atoms with van der Waals surface area (Å²) in [6.07, 6.45) is 10.5. The highest BCUT2D eigenvalue weighted by atomic mass is 32.2. The third-order valence-corrected chi connectivity index (χ3v) is 3.53. The number of carbonyl (C=O) groups excluding carboxylic acids is 1. The number of sulfone groups is 1. The second kappa shape index (κ2) is 34.7. The van der Waals surface area contributed by atoms with E-state index in [1.807, 2.05) is 13.8 Å². The van der Waals surface area contributed by atoms with Crippen LogP contribution in [0.2, 0.25) is 0 Å². The van der Waals surface area contributed by atoms with Crippen LogP contribution in [0, 0.1) is 0 Å². The normalized spacial score (nSPS) is 8.72. The molecule has 25 heavy (non-hydrogen) atoms. The fourth-order valence-corrected chi connectivity index (χ4v) is 1.64. The highest BCUT2D eigenvalue weighted by Crippen LogP contribution is 1.88. The maximum absolute atomic E-state index is 10.2. The number of rotatable bonds is 6. The topological polar surface area (TPSA) is 63.2 Å². The van der Waals surface area contributed by atoms with Crippen LogP contribution >= 0.6 is 0 Å². The standard InChI is InChI=1S/C5H12.C4H9NO.C4H10O2S.C4H10.C3H8/c1-3-5-4-2;1-3-4(6)5-2;1-3-4-7(2,5)6;1-3-4-2;1-3-2/h3-5H2,1-2H3;3H2,1-2H3,(H,5,6);3-4H2,1-2H3;3-4H2,1-2H3;3H2,1-2H3. The first kappa shape index (κ1) is 35.5. The van der Waals surface area contributed by atoms with Crippen molar-refractivity contribution in [1.29, 1.82) is 0 Å². The highest BCUT2D eigenvalue weighted by Gasteiger charge is 1.95. The number of nitrogens with one attached hydrogen (secondary N) is 1. The van der Waals surface area contributed by atoms with Crippen molar-refractivity contribution in [3.05, 3.63) is 0 Å². The van der Waals surface area contributed by atoms with Gasteiger partial charge in [-0.15, -0.1) is 0 Å². The lowest BCUT2D eigenvalue weighted by Gasteiger charge is -1.87.